The van der Waals surface area contributed by atoms with E-state index in [1.165, 1.54) is 0 Å². The summed E-state index contributed by atoms with van der Waals surface area (Å²) in [5, 5.41) is -0.0496. The highest BCUT2D eigenvalue weighted by atomic mass is 31.2. The summed E-state index contributed by atoms with van der Waals surface area (Å²) in [5.74, 6) is -2.60. The molecule has 1 aromatic carbocycles. The van der Waals surface area contributed by atoms with E-state index < -0.39 is 25.3 Å². The van der Waals surface area contributed by atoms with Crippen molar-refractivity contribution in [1.82, 2.24) is 0 Å². The topological polar surface area (TPSA) is 78.9 Å². The van der Waals surface area contributed by atoms with Gasteiger partial charge in [0.2, 0.25) is 0 Å². The van der Waals surface area contributed by atoms with Gasteiger partial charge in [0, 0.05) is 5.92 Å². The molecule has 0 spiro atoms. The van der Waals surface area contributed by atoms with Gasteiger partial charge in [-0.25, -0.2) is 0 Å². The molecule has 0 aromatic heterocycles. The minimum Gasteiger partial charge on any atom is -0.465 e. The minimum atomic E-state index is -3.76. The van der Waals surface area contributed by atoms with Crippen LogP contribution >= 0.6 is 7.60 Å². The van der Waals surface area contributed by atoms with Crippen LogP contribution < -0.4 is 0 Å². The number of ether oxygens (including phenoxy) is 1. The molecule has 0 saturated carbocycles. The lowest BCUT2D eigenvalue weighted by atomic mass is 9.77. The summed E-state index contributed by atoms with van der Waals surface area (Å²) in [6.45, 7) is 5.47. The van der Waals surface area contributed by atoms with Gasteiger partial charge in [0.15, 0.2) is 5.78 Å². The summed E-state index contributed by atoms with van der Waals surface area (Å²) in [6, 6.07) is 9.31. The first-order valence-corrected chi connectivity index (χ1v) is 10.4. The Labute approximate surface area is 154 Å². The molecule has 1 aromatic rings. The molecule has 0 radical (unpaired) electrons. The predicted molar refractivity (Wildman–Crippen MR) is 97.9 cm³/mol. The smallest absolute Gasteiger partial charge is 0.364 e. The summed E-state index contributed by atoms with van der Waals surface area (Å²) >= 11 is 0. The molecular formula is C19H25O6P. The first-order valence-electron chi connectivity index (χ1n) is 8.84. The number of ketones is 1. The second kappa shape index (κ2) is 9.26. The molecule has 6 nitrogen and oxygen atoms in total. The first kappa shape index (κ1) is 20.6. The quantitative estimate of drug-likeness (QED) is 0.384. The van der Waals surface area contributed by atoms with Crippen molar-refractivity contribution in [3.05, 3.63) is 47.3 Å². The minimum absolute atomic E-state index is 0.0496. The van der Waals surface area contributed by atoms with E-state index in [0.29, 0.717) is 6.42 Å². The van der Waals surface area contributed by atoms with Gasteiger partial charge in [-0.1, -0.05) is 36.4 Å². The van der Waals surface area contributed by atoms with Crippen LogP contribution in [0.15, 0.2) is 41.7 Å². The lowest BCUT2D eigenvalue weighted by Crippen LogP contribution is -2.35. The van der Waals surface area contributed by atoms with E-state index in [1.807, 2.05) is 30.3 Å². The lowest BCUT2D eigenvalue weighted by molar-refractivity contribution is -0.151. The summed E-state index contributed by atoms with van der Waals surface area (Å²) in [6.07, 6.45) is 1.96. The number of hydrogen-bond donors (Lipinski definition) is 0. The van der Waals surface area contributed by atoms with Gasteiger partial charge in [-0.15, -0.1) is 0 Å². The Morgan fingerprint density at radius 3 is 2.23 bits per heavy atom. The van der Waals surface area contributed by atoms with Crippen LogP contribution in [0.4, 0.5) is 0 Å². The van der Waals surface area contributed by atoms with Crippen molar-refractivity contribution in [1.29, 1.82) is 0 Å². The van der Waals surface area contributed by atoms with E-state index in [9.17, 15) is 14.2 Å². The van der Waals surface area contributed by atoms with Gasteiger partial charge in [0.05, 0.1) is 19.8 Å². The van der Waals surface area contributed by atoms with E-state index in [0.717, 1.165) is 5.56 Å². The van der Waals surface area contributed by atoms with Crippen LogP contribution in [0.5, 0.6) is 0 Å². The molecule has 2 atom stereocenters. The number of esters is 1. The fourth-order valence-electron chi connectivity index (χ4n) is 3.11. The van der Waals surface area contributed by atoms with Gasteiger partial charge in [-0.3, -0.25) is 14.2 Å². The van der Waals surface area contributed by atoms with Crippen LogP contribution in [0.1, 0.15) is 38.7 Å². The highest BCUT2D eigenvalue weighted by molar-refractivity contribution is 7.60. The zero-order chi connectivity index (χ0) is 19.2. The normalized spacial score (nSPS) is 20.6. The average Bonchev–Trinajstić information content (AvgIpc) is 2.62. The van der Waals surface area contributed by atoms with E-state index in [2.05, 4.69) is 0 Å². The second-order valence-electron chi connectivity index (χ2n) is 5.77. The third-order valence-corrected chi connectivity index (χ3v) is 6.35. The number of rotatable bonds is 8. The average molecular weight is 380 g/mol. The van der Waals surface area contributed by atoms with Crippen molar-refractivity contribution < 1.29 is 27.9 Å². The van der Waals surface area contributed by atoms with Crippen LogP contribution in [0.2, 0.25) is 0 Å². The molecule has 0 amide bonds. The third-order valence-electron chi connectivity index (χ3n) is 4.16. The number of benzene rings is 1. The van der Waals surface area contributed by atoms with Crippen molar-refractivity contribution >= 4 is 19.3 Å². The molecule has 2 rings (SSSR count). The van der Waals surface area contributed by atoms with Crippen molar-refractivity contribution in [2.75, 3.05) is 19.8 Å². The Hall–Kier alpha value is -1.75. The molecule has 26 heavy (non-hydrogen) atoms. The van der Waals surface area contributed by atoms with Crippen LogP contribution in [0, 0.1) is 5.92 Å². The van der Waals surface area contributed by atoms with E-state index in [4.69, 9.17) is 13.8 Å². The Kier molecular flexibility index (Phi) is 7.33. The van der Waals surface area contributed by atoms with Crippen molar-refractivity contribution in [3.8, 4) is 0 Å². The number of allylic oxidation sites excluding steroid dienone is 2. The molecule has 0 aliphatic heterocycles. The summed E-state index contributed by atoms with van der Waals surface area (Å²) in [7, 11) is -3.76. The number of hydrogen-bond acceptors (Lipinski definition) is 6. The molecule has 142 valence electrons. The molecule has 7 heteroatoms. The maximum absolute atomic E-state index is 13.1. The molecule has 0 saturated heterocycles. The predicted octanol–water partition coefficient (Wildman–Crippen LogP) is 4.07. The van der Waals surface area contributed by atoms with Gasteiger partial charge in [-0.2, -0.15) is 0 Å². The second-order valence-corrected chi connectivity index (χ2v) is 7.76. The standard InChI is InChI=1S/C19H25O6P/c1-4-23-19(21)17-15(14-10-8-7-9-11-14)12-13-16(18(17)20)26(22,24-5-2)25-6-3/h7-11,13,15,17H,4-6,12H2,1-3H3/t15-,17-/m0/s1. The Bertz CT molecular complexity index is 702. The zero-order valence-corrected chi connectivity index (χ0v) is 16.2. The molecular weight excluding hydrogens is 355 g/mol. The highest BCUT2D eigenvalue weighted by Crippen LogP contribution is 2.59. The van der Waals surface area contributed by atoms with Gasteiger partial charge in [0.25, 0.3) is 0 Å². The summed E-state index contributed by atoms with van der Waals surface area (Å²) in [4.78, 5) is 25.7. The molecule has 0 N–H and O–H groups in total. The number of Topliss-reactive ketones (excluding diaryl/α,β-unsaturated/α-hetero) is 1. The fourth-order valence-corrected chi connectivity index (χ4v) is 4.88. The van der Waals surface area contributed by atoms with Gasteiger partial charge < -0.3 is 13.8 Å². The van der Waals surface area contributed by atoms with Crippen LogP contribution in [0.25, 0.3) is 0 Å². The molecule has 0 unspecified atom stereocenters. The molecule has 1 aliphatic rings. The van der Waals surface area contributed by atoms with Crippen molar-refractivity contribution in [2.45, 2.75) is 33.1 Å². The Morgan fingerprint density at radius 1 is 1.08 bits per heavy atom. The highest BCUT2D eigenvalue weighted by Gasteiger charge is 2.47. The summed E-state index contributed by atoms with van der Waals surface area (Å²) in [5.41, 5.74) is 0.858. The molecule has 0 heterocycles. The van der Waals surface area contributed by atoms with E-state index in [-0.39, 0.29) is 31.1 Å². The van der Waals surface area contributed by atoms with Crippen molar-refractivity contribution in [3.63, 3.8) is 0 Å². The maximum atomic E-state index is 13.1. The largest absolute Gasteiger partial charge is 0.465 e. The van der Waals surface area contributed by atoms with Gasteiger partial charge in [0.1, 0.15) is 11.2 Å². The van der Waals surface area contributed by atoms with Gasteiger partial charge >= 0.3 is 13.6 Å². The van der Waals surface area contributed by atoms with Crippen LogP contribution in [-0.4, -0.2) is 31.6 Å². The molecule has 0 bridgehead atoms. The van der Waals surface area contributed by atoms with E-state index in [1.54, 1.807) is 26.8 Å². The Balaban J connectivity index is 2.46. The lowest BCUT2D eigenvalue weighted by Gasteiger charge is -2.31. The maximum Gasteiger partial charge on any atom is 0.364 e. The van der Waals surface area contributed by atoms with Crippen LogP contribution in [-0.2, 0) is 27.9 Å². The molecule has 0 fully saturated rings. The SMILES string of the molecule is CCOC(=O)[C@@H]1C(=O)C(P(=O)(OCC)OCC)=CC[C@H]1c1ccccc1. The summed E-state index contributed by atoms with van der Waals surface area (Å²) < 4.78 is 28.8. The third kappa shape index (κ3) is 4.32. The zero-order valence-electron chi connectivity index (χ0n) is 15.3. The molecule has 1 aliphatic carbocycles. The monoisotopic (exact) mass is 380 g/mol. The first-order chi connectivity index (χ1) is 12.5. The Morgan fingerprint density at radius 2 is 1.69 bits per heavy atom. The fraction of sp³-hybridized carbons (Fsp3) is 0.474. The van der Waals surface area contributed by atoms with Gasteiger partial charge in [-0.05, 0) is 32.8 Å². The number of carbonyl (C=O) groups excluding carboxylic acids is 2. The van der Waals surface area contributed by atoms with E-state index >= 15 is 0 Å². The van der Waals surface area contributed by atoms with Crippen LogP contribution in [0.3, 0.4) is 0 Å². The number of carbonyl (C=O) groups is 2. The van der Waals surface area contributed by atoms with Crippen molar-refractivity contribution in [2.24, 2.45) is 5.92 Å².